The van der Waals surface area contributed by atoms with Crippen LogP contribution in [0.2, 0.25) is 0 Å². The zero-order valence-corrected chi connectivity index (χ0v) is 15.0. The monoisotopic (exact) mass is 354 g/mol. The number of carbonyl (C=O) groups excluding carboxylic acids is 2. The van der Waals surface area contributed by atoms with Gasteiger partial charge in [0.15, 0.2) is 0 Å². The maximum absolute atomic E-state index is 12.5. The van der Waals surface area contributed by atoms with E-state index >= 15 is 0 Å². The zero-order valence-electron chi connectivity index (χ0n) is 15.0. The third kappa shape index (κ3) is 4.97. The van der Waals surface area contributed by atoms with Gasteiger partial charge in [-0.05, 0) is 37.3 Å². The van der Waals surface area contributed by atoms with Gasteiger partial charge in [0.2, 0.25) is 11.8 Å². The highest BCUT2D eigenvalue weighted by Gasteiger charge is 2.23. The highest BCUT2D eigenvalue weighted by atomic mass is 16.3. The van der Waals surface area contributed by atoms with E-state index in [1.54, 1.807) is 0 Å². The van der Waals surface area contributed by atoms with Gasteiger partial charge in [-0.1, -0.05) is 30.3 Å². The van der Waals surface area contributed by atoms with Crippen LogP contribution in [0.3, 0.4) is 0 Å². The van der Waals surface area contributed by atoms with Crippen molar-refractivity contribution in [3.63, 3.8) is 0 Å². The van der Waals surface area contributed by atoms with Crippen molar-refractivity contribution in [2.75, 3.05) is 13.1 Å². The smallest absolute Gasteiger partial charge is 0.223 e. The van der Waals surface area contributed by atoms with Crippen LogP contribution in [0.25, 0.3) is 11.3 Å². The standard InChI is InChI=1S/C21H26N2O3/c22-20(24)12-8-16-5-4-14-23(15-16)21(25)13-10-18-9-11-19(26-18)17-6-2-1-3-7-17/h1-3,6-7,9,11,16H,4-5,8,10,12-15H2,(H2,22,24). The average molecular weight is 354 g/mol. The Balaban J connectivity index is 1.49. The molecule has 138 valence electrons. The Kier molecular flexibility index (Phi) is 6.10. The predicted octanol–water partition coefficient (Wildman–Crippen LogP) is 3.38. The molecule has 0 aliphatic carbocycles. The van der Waals surface area contributed by atoms with Crippen LogP contribution in [0.5, 0.6) is 0 Å². The summed E-state index contributed by atoms with van der Waals surface area (Å²) in [4.78, 5) is 25.4. The van der Waals surface area contributed by atoms with E-state index in [9.17, 15) is 9.59 Å². The fourth-order valence-electron chi connectivity index (χ4n) is 3.53. The molecule has 5 nitrogen and oxygen atoms in total. The lowest BCUT2D eigenvalue weighted by molar-refractivity contribution is -0.133. The fourth-order valence-corrected chi connectivity index (χ4v) is 3.53. The van der Waals surface area contributed by atoms with E-state index in [1.165, 1.54) is 0 Å². The molecular weight excluding hydrogens is 328 g/mol. The molecule has 2 amide bonds. The highest BCUT2D eigenvalue weighted by molar-refractivity contribution is 5.76. The number of hydrogen-bond donors (Lipinski definition) is 1. The summed E-state index contributed by atoms with van der Waals surface area (Å²) in [5.74, 6) is 1.94. The summed E-state index contributed by atoms with van der Waals surface area (Å²) in [5, 5.41) is 0. The third-order valence-electron chi connectivity index (χ3n) is 4.98. The van der Waals surface area contributed by atoms with Crippen molar-refractivity contribution in [1.82, 2.24) is 4.90 Å². The maximum atomic E-state index is 12.5. The average Bonchev–Trinajstić information content (AvgIpc) is 3.14. The summed E-state index contributed by atoms with van der Waals surface area (Å²) < 4.78 is 5.87. The molecule has 1 fully saturated rings. The lowest BCUT2D eigenvalue weighted by Crippen LogP contribution is -2.40. The van der Waals surface area contributed by atoms with Crippen LogP contribution in [0.15, 0.2) is 46.9 Å². The summed E-state index contributed by atoms with van der Waals surface area (Å²) in [6.45, 7) is 1.54. The van der Waals surface area contributed by atoms with E-state index in [0.29, 0.717) is 25.2 Å². The second kappa shape index (κ2) is 8.70. The lowest BCUT2D eigenvalue weighted by atomic mass is 9.93. The second-order valence-electron chi connectivity index (χ2n) is 6.98. The number of amides is 2. The molecule has 1 aromatic carbocycles. The number of nitrogens with zero attached hydrogens (tertiary/aromatic N) is 1. The summed E-state index contributed by atoms with van der Waals surface area (Å²) >= 11 is 0. The first kappa shape index (κ1) is 18.2. The van der Waals surface area contributed by atoms with Crippen LogP contribution in [-0.4, -0.2) is 29.8 Å². The summed E-state index contributed by atoms with van der Waals surface area (Å²) in [5.41, 5.74) is 6.27. The number of carbonyl (C=O) groups is 2. The van der Waals surface area contributed by atoms with E-state index in [2.05, 4.69) is 0 Å². The van der Waals surface area contributed by atoms with Crippen molar-refractivity contribution < 1.29 is 14.0 Å². The molecule has 0 radical (unpaired) electrons. The number of hydrogen-bond acceptors (Lipinski definition) is 3. The van der Waals surface area contributed by atoms with E-state index in [1.807, 2.05) is 47.4 Å². The van der Waals surface area contributed by atoms with Crippen molar-refractivity contribution in [2.45, 2.75) is 38.5 Å². The molecular formula is C21H26N2O3. The molecule has 2 heterocycles. The summed E-state index contributed by atoms with van der Waals surface area (Å²) in [6, 6.07) is 13.8. The van der Waals surface area contributed by atoms with Crippen LogP contribution in [-0.2, 0) is 16.0 Å². The first-order valence-electron chi connectivity index (χ1n) is 9.32. The molecule has 2 aromatic rings. The van der Waals surface area contributed by atoms with Crippen molar-refractivity contribution in [3.8, 4) is 11.3 Å². The van der Waals surface area contributed by atoms with E-state index in [4.69, 9.17) is 10.2 Å². The molecule has 0 bridgehead atoms. The molecule has 1 atom stereocenters. The highest BCUT2D eigenvalue weighted by Crippen LogP contribution is 2.24. The number of benzene rings is 1. The number of primary amides is 1. The van der Waals surface area contributed by atoms with E-state index < -0.39 is 0 Å². The van der Waals surface area contributed by atoms with Gasteiger partial charge in [-0.2, -0.15) is 0 Å². The Labute approximate surface area is 154 Å². The molecule has 0 saturated carbocycles. The minimum Gasteiger partial charge on any atom is -0.461 e. The first-order chi connectivity index (χ1) is 12.6. The Bertz CT molecular complexity index is 739. The molecule has 2 N–H and O–H groups in total. The molecule has 1 aliphatic heterocycles. The molecule has 1 aliphatic rings. The molecule has 26 heavy (non-hydrogen) atoms. The molecule has 5 heteroatoms. The summed E-state index contributed by atoms with van der Waals surface area (Å²) in [6.07, 6.45) is 4.29. The second-order valence-corrected chi connectivity index (χ2v) is 6.98. The van der Waals surface area contributed by atoms with Crippen LogP contribution in [0.1, 0.15) is 37.9 Å². The lowest BCUT2D eigenvalue weighted by Gasteiger charge is -2.32. The topological polar surface area (TPSA) is 76.5 Å². The first-order valence-corrected chi connectivity index (χ1v) is 9.32. The van der Waals surface area contributed by atoms with Crippen molar-refractivity contribution in [1.29, 1.82) is 0 Å². The minimum absolute atomic E-state index is 0.159. The third-order valence-corrected chi connectivity index (χ3v) is 4.98. The summed E-state index contributed by atoms with van der Waals surface area (Å²) in [7, 11) is 0. The van der Waals surface area contributed by atoms with Gasteiger partial charge >= 0.3 is 0 Å². The van der Waals surface area contributed by atoms with Crippen LogP contribution in [0.4, 0.5) is 0 Å². The Morgan fingerprint density at radius 3 is 2.69 bits per heavy atom. The van der Waals surface area contributed by atoms with Crippen molar-refractivity contribution in [2.24, 2.45) is 11.7 Å². The van der Waals surface area contributed by atoms with Gasteiger partial charge in [0.1, 0.15) is 11.5 Å². The Morgan fingerprint density at radius 2 is 1.92 bits per heavy atom. The van der Waals surface area contributed by atoms with Gasteiger partial charge in [0, 0.05) is 37.9 Å². The molecule has 0 spiro atoms. The normalized spacial score (nSPS) is 17.2. The van der Waals surface area contributed by atoms with E-state index in [-0.39, 0.29) is 11.8 Å². The molecule has 1 saturated heterocycles. The minimum atomic E-state index is -0.263. The molecule has 1 unspecified atom stereocenters. The van der Waals surface area contributed by atoms with E-state index in [0.717, 1.165) is 49.4 Å². The number of rotatable bonds is 7. The quantitative estimate of drug-likeness (QED) is 0.828. The van der Waals surface area contributed by atoms with Gasteiger partial charge < -0.3 is 15.1 Å². The van der Waals surface area contributed by atoms with Crippen LogP contribution in [0, 0.1) is 5.92 Å². The molecule has 1 aromatic heterocycles. The fraction of sp³-hybridized carbons (Fsp3) is 0.429. The van der Waals surface area contributed by atoms with Crippen LogP contribution < -0.4 is 5.73 Å². The SMILES string of the molecule is NC(=O)CCC1CCCN(C(=O)CCc2ccc(-c3ccccc3)o2)C1. The number of nitrogens with two attached hydrogens (primary N) is 1. The van der Waals surface area contributed by atoms with Gasteiger partial charge in [0.05, 0.1) is 0 Å². The van der Waals surface area contributed by atoms with Crippen LogP contribution >= 0.6 is 0 Å². The Hall–Kier alpha value is -2.56. The van der Waals surface area contributed by atoms with Gasteiger partial charge in [-0.25, -0.2) is 0 Å². The number of aryl methyl sites for hydroxylation is 1. The zero-order chi connectivity index (χ0) is 18.4. The van der Waals surface area contributed by atoms with Gasteiger partial charge in [-0.15, -0.1) is 0 Å². The number of piperidine rings is 1. The van der Waals surface area contributed by atoms with Crippen molar-refractivity contribution >= 4 is 11.8 Å². The number of likely N-dealkylation sites (tertiary alicyclic amines) is 1. The number of furan rings is 1. The maximum Gasteiger partial charge on any atom is 0.223 e. The molecule has 3 rings (SSSR count). The van der Waals surface area contributed by atoms with Gasteiger partial charge in [0.25, 0.3) is 0 Å². The van der Waals surface area contributed by atoms with Crippen molar-refractivity contribution in [3.05, 3.63) is 48.2 Å². The Morgan fingerprint density at radius 1 is 1.12 bits per heavy atom. The predicted molar refractivity (Wildman–Crippen MR) is 100 cm³/mol. The van der Waals surface area contributed by atoms with Gasteiger partial charge in [-0.3, -0.25) is 9.59 Å². The largest absolute Gasteiger partial charge is 0.461 e.